The molecule has 0 N–H and O–H groups in total. The van der Waals surface area contributed by atoms with Gasteiger partial charge in [0.15, 0.2) is 11.5 Å². The van der Waals surface area contributed by atoms with Crippen LogP contribution < -0.4 is 4.74 Å². The molecule has 94 valence electrons. The molecule has 0 saturated heterocycles. The van der Waals surface area contributed by atoms with Gasteiger partial charge in [0, 0.05) is 13.0 Å². The van der Waals surface area contributed by atoms with Crippen molar-refractivity contribution in [3.8, 4) is 11.4 Å². The van der Waals surface area contributed by atoms with Crippen LogP contribution >= 0.6 is 15.9 Å². The molecular weight excluding hydrogens is 298 g/mol. The summed E-state index contributed by atoms with van der Waals surface area (Å²) in [5.74, 6) is 0.606. The minimum absolute atomic E-state index is 0.0946. The highest BCUT2D eigenvalue weighted by Gasteiger charge is 2.14. The highest BCUT2D eigenvalue weighted by atomic mass is 79.9. The van der Waals surface area contributed by atoms with Crippen LogP contribution in [0.1, 0.15) is 23.1 Å². The Kier molecular flexibility index (Phi) is 3.47. The second kappa shape index (κ2) is 4.89. The summed E-state index contributed by atoms with van der Waals surface area (Å²) >= 11 is 3.39. The molecule has 0 saturated carbocycles. The predicted molar refractivity (Wildman–Crippen MR) is 70.4 cm³/mol. The number of Topliss-reactive ketones (excluding diaryl/α,β-unsaturated/α-hetero) is 1. The number of carbonyl (C=O) groups excluding carboxylic acids is 1. The molecule has 6 heteroatoms. The number of benzene rings is 1. The molecule has 0 spiro atoms. The smallest absolute Gasteiger partial charge is 0.181 e. The zero-order valence-electron chi connectivity index (χ0n) is 10.3. The molecule has 1 aromatic carbocycles. The summed E-state index contributed by atoms with van der Waals surface area (Å²) in [6.45, 7) is 3.29. The van der Waals surface area contributed by atoms with E-state index >= 15 is 0 Å². The van der Waals surface area contributed by atoms with Crippen LogP contribution in [0.5, 0.6) is 5.75 Å². The summed E-state index contributed by atoms with van der Waals surface area (Å²) in [5.41, 5.74) is 1.90. The molecule has 0 radical (unpaired) electrons. The van der Waals surface area contributed by atoms with E-state index in [9.17, 15) is 4.79 Å². The summed E-state index contributed by atoms with van der Waals surface area (Å²) in [7, 11) is 1.60. The first-order valence-electron chi connectivity index (χ1n) is 5.31. The van der Waals surface area contributed by atoms with E-state index in [1.54, 1.807) is 11.8 Å². The number of hydrogen-bond donors (Lipinski definition) is 0. The molecule has 1 aromatic heterocycles. The molecule has 0 amide bonds. The van der Waals surface area contributed by atoms with Crippen molar-refractivity contribution in [2.45, 2.75) is 13.8 Å². The highest BCUT2D eigenvalue weighted by Crippen LogP contribution is 2.27. The van der Waals surface area contributed by atoms with Crippen LogP contribution in [-0.2, 0) is 0 Å². The van der Waals surface area contributed by atoms with Gasteiger partial charge < -0.3 is 4.74 Å². The molecule has 0 atom stereocenters. The molecule has 0 unspecified atom stereocenters. The second-order valence-corrected chi connectivity index (χ2v) is 4.66. The quantitative estimate of drug-likeness (QED) is 0.818. The van der Waals surface area contributed by atoms with Gasteiger partial charge in [0.25, 0.3) is 0 Å². The molecule has 2 aromatic rings. The Hall–Kier alpha value is -1.69. The van der Waals surface area contributed by atoms with Crippen molar-refractivity contribution in [1.82, 2.24) is 15.0 Å². The lowest BCUT2D eigenvalue weighted by atomic mass is 10.2. The van der Waals surface area contributed by atoms with Crippen LogP contribution in [0.2, 0.25) is 0 Å². The molecule has 5 nitrogen and oxygen atoms in total. The maximum Gasteiger partial charge on any atom is 0.181 e. The molecule has 0 fully saturated rings. The van der Waals surface area contributed by atoms with E-state index in [1.165, 1.54) is 6.92 Å². The molecule has 1 heterocycles. The summed E-state index contributed by atoms with van der Waals surface area (Å²) in [5, 5.41) is 7.87. The number of halogens is 1. The zero-order valence-corrected chi connectivity index (χ0v) is 11.9. The Labute approximate surface area is 113 Å². The van der Waals surface area contributed by atoms with Crippen molar-refractivity contribution in [3.05, 3.63) is 34.1 Å². The van der Waals surface area contributed by atoms with E-state index in [1.807, 2.05) is 25.1 Å². The van der Waals surface area contributed by atoms with E-state index in [0.717, 1.165) is 10.2 Å². The first kappa shape index (κ1) is 12.8. The molecule has 0 aliphatic carbocycles. The maximum atomic E-state index is 11.3. The summed E-state index contributed by atoms with van der Waals surface area (Å²) in [6.07, 6.45) is 0. The van der Waals surface area contributed by atoms with E-state index in [4.69, 9.17) is 4.74 Å². The number of ketones is 1. The largest absolute Gasteiger partial charge is 0.495 e. The van der Waals surface area contributed by atoms with Gasteiger partial charge in [0.1, 0.15) is 5.75 Å². The summed E-state index contributed by atoms with van der Waals surface area (Å²) in [6, 6.07) is 5.57. The fraction of sp³-hybridized carbons (Fsp3) is 0.250. The molecule has 0 aliphatic rings. The molecule has 0 aliphatic heterocycles. The van der Waals surface area contributed by atoms with Gasteiger partial charge in [-0.1, -0.05) is 5.21 Å². The summed E-state index contributed by atoms with van der Waals surface area (Å²) in [4.78, 5) is 11.3. The Morgan fingerprint density at radius 1 is 1.44 bits per heavy atom. The number of aromatic nitrogens is 3. The lowest BCUT2D eigenvalue weighted by molar-refractivity contribution is 0.101. The molecule has 2 rings (SSSR count). The van der Waals surface area contributed by atoms with Gasteiger partial charge in [-0.3, -0.25) is 4.79 Å². The fourth-order valence-corrected chi connectivity index (χ4v) is 2.09. The Bertz CT molecular complexity index is 607. The van der Waals surface area contributed by atoms with Crippen molar-refractivity contribution in [1.29, 1.82) is 0 Å². The normalized spacial score (nSPS) is 10.4. The van der Waals surface area contributed by atoms with E-state index in [-0.39, 0.29) is 5.78 Å². The Balaban J connectivity index is 2.52. The van der Waals surface area contributed by atoms with E-state index < -0.39 is 0 Å². The zero-order chi connectivity index (χ0) is 13.3. The van der Waals surface area contributed by atoms with Crippen molar-refractivity contribution < 1.29 is 9.53 Å². The number of nitrogens with zero attached hydrogens (tertiary/aromatic N) is 3. The minimum Gasteiger partial charge on any atom is -0.495 e. The SMILES string of the molecule is COc1cc(-n2nnc(C(C)=O)c2C)ccc1Br. The number of hydrogen-bond acceptors (Lipinski definition) is 4. The average molecular weight is 310 g/mol. The lowest BCUT2D eigenvalue weighted by Crippen LogP contribution is -2.01. The van der Waals surface area contributed by atoms with Gasteiger partial charge in [-0.25, -0.2) is 4.68 Å². The van der Waals surface area contributed by atoms with Crippen LogP contribution in [0.3, 0.4) is 0 Å². The Morgan fingerprint density at radius 3 is 2.72 bits per heavy atom. The number of methoxy groups -OCH3 is 1. The Morgan fingerprint density at radius 2 is 2.17 bits per heavy atom. The van der Waals surface area contributed by atoms with Crippen molar-refractivity contribution in [2.75, 3.05) is 7.11 Å². The van der Waals surface area contributed by atoms with Crippen molar-refractivity contribution >= 4 is 21.7 Å². The van der Waals surface area contributed by atoms with Gasteiger partial charge in [0.05, 0.1) is 23.0 Å². The predicted octanol–water partition coefficient (Wildman–Crippen LogP) is 2.55. The number of ether oxygens (including phenoxy) is 1. The van der Waals surface area contributed by atoms with Crippen molar-refractivity contribution in [2.24, 2.45) is 0 Å². The number of carbonyl (C=O) groups is 1. The van der Waals surface area contributed by atoms with Gasteiger partial charge in [-0.2, -0.15) is 0 Å². The fourth-order valence-electron chi connectivity index (χ4n) is 1.68. The highest BCUT2D eigenvalue weighted by molar-refractivity contribution is 9.10. The maximum absolute atomic E-state index is 11.3. The van der Waals surface area contributed by atoms with Crippen LogP contribution in [0.4, 0.5) is 0 Å². The van der Waals surface area contributed by atoms with Crippen LogP contribution in [0, 0.1) is 6.92 Å². The van der Waals surface area contributed by atoms with Crippen LogP contribution in [0.25, 0.3) is 5.69 Å². The topological polar surface area (TPSA) is 57.0 Å². The molecule has 0 bridgehead atoms. The average Bonchev–Trinajstić information content (AvgIpc) is 2.72. The first-order chi connectivity index (χ1) is 8.54. The van der Waals surface area contributed by atoms with E-state index in [2.05, 4.69) is 26.2 Å². The van der Waals surface area contributed by atoms with Gasteiger partial charge in [-0.05, 0) is 35.0 Å². The third kappa shape index (κ3) is 2.15. The van der Waals surface area contributed by atoms with Gasteiger partial charge >= 0.3 is 0 Å². The van der Waals surface area contributed by atoms with E-state index in [0.29, 0.717) is 17.1 Å². The second-order valence-electron chi connectivity index (χ2n) is 3.81. The molecular formula is C12H12BrN3O2. The van der Waals surface area contributed by atoms with Crippen molar-refractivity contribution in [3.63, 3.8) is 0 Å². The standard InChI is InChI=1S/C12H12BrN3O2/c1-7-12(8(2)17)14-15-16(7)9-4-5-10(13)11(6-9)18-3/h4-6H,1-3H3. The van der Waals surface area contributed by atoms with Gasteiger partial charge in [-0.15, -0.1) is 5.10 Å². The monoisotopic (exact) mass is 309 g/mol. The van der Waals surface area contributed by atoms with Gasteiger partial charge in [0.2, 0.25) is 0 Å². The first-order valence-corrected chi connectivity index (χ1v) is 6.11. The summed E-state index contributed by atoms with van der Waals surface area (Å²) < 4.78 is 7.70. The minimum atomic E-state index is -0.0946. The third-order valence-electron chi connectivity index (χ3n) is 2.61. The lowest BCUT2D eigenvalue weighted by Gasteiger charge is -2.07. The number of rotatable bonds is 3. The van der Waals surface area contributed by atoms with Crippen LogP contribution in [0.15, 0.2) is 22.7 Å². The molecule has 18 heavy (non-hydrogen) atoms. The third-order valence-corrected chi connectivity index (χ3v) is 3.26. The van der Waals surface area contributed by atoms with Crippen LogP contribution in [-0.4, -0.2) is 27.9 Å².